The van der Waals surface area contributed by atoms with Crippen LogP contribution in [0.25, 0.3) is 0 Å². The lowest BCUT2D eigenvalue weighted by Gasteiger charge is -2.25. The highest BCUT2D eigenvalue weighted by atomic mass is 16.5. The molecule has 0 amide bonds. The highest BCUT2D eigenvalue weighted by molar-refractivity contribution is 5.68. The molecule has 208 valence electrons. The summed E-state index contributed by atoms with van der Waals surface area (Å²) in [4.78, 5) is 16.7. The van der Waals surface area contributed by atoms with Gasteiger partial charge in [-0.1, -0.05) is 18.2 Å². The average molecular weight is 534 g/mol. The molecule has 1 aliphatic heterocycles. The normalized spacial score (nSPS) is 16.5. The number of methoxy groups -OCH3 is 1. The van der Waals surface area contributed by atoms with Crippen LogP contribution < -0.4 is 9.47 Å². The number of carboxylic acid groups (broad SMARTS) is 1. The third-order valence-electron chi connectivity index (χ3n) is 7.99. The largest absolute Gasteiger partial charge is 0.496 e. The summed E-state index contributed by atoms with van der Waals surface area (Å²) < 4.78 is 19.0. The third kappa shape index (κ3) is 6.79. The van der Waals surface area contributed by atoms with Crippen molar-refractivity contribution in [1.29, 1.82) is 0 Å². The molecule has 0 spiro atoms. The van der Waals surface area contributed by atoms with E-state index in [4.69, 9.17) is 19.2 Å². The summed E-state index contributed by atoms with van der Waals surface area (Å²) in [6, 6.07) is 12.4. The van der Waals surface area contributed by atoms with Crippen LogP contribution in [0.3, 0.4) is 0 Å². The quantitative estimate of drug-likeness (QED) is 0.370. The molecule has 0 radical (unpaired) electrons. The summed E-state index contributed by atoms with van der Waals surface area (Å²) in [6.07, 6.45) is 7.79. The predicted octanol–water partition coefficient (Wildman–Crippen LogP) is 5.02. The molecule has 0 bridgehead atoms. The molecule has 3 aromatic rings. The fourth-order valence-electron chi connectivity index (χ4n) is 5.88. The third-order valence-corrected chi connectivity index (χ3v) is 7.99. The summed E-state index contributed by atoms with van der Waals surface area (Å²) in [5, 5.41) is 14.4. The van der Waals surface area contributed by atoms with Crippen molar-refractivity contribution in [3.05, 3.63) is 70.2 Å². The Kier molecular flexibility index (Phi) is 8.81. The zero-order chi connectivity index (χ0) is 27.2. The lowest BCUT2D eigenvalue weighted by molar-refractivity contribution is -0.137. The number of aryl methyl sites for hydroxylation is 3. The van der Waals surface area contributed by atoms with Crippen LogP contribution in [0.4, 0.5) is 0 Å². The smallest absolute Gasteiger partial charge is 0.303 e. The van der Waals surface area contributed by atoms with E-state index in [1.807, 2.05) is 19.2 Å². The fourth-order valence-corrected chi connectivity index (χ4v) is 5.88. The van der Waals surface area contributed by atoms with Crippen molar-refractivity contribution >= 4 is 5.97 Å². The summed E-state index contributed by atoms with van der Waals surface area (Å²) in [7, 11) is 3.49. The number of hydrogen-bond acceptors (Lipinski definition) is 6. The standard InChI is InChI=1S/C31H39N3O5/c1-34-30(39-16-13-25-9-7-22-5-3-4-6-28(22)32-25)20-26(33-34)17-24(19-31(35)36)27-18-23(8-10-29(27)37-2)21-11-14-38-15-12-21/h7-10,18,20-21,24H,3-6,11-17,19H2,1-2H3,(H,35,36). The summed E-state index contributed by atoms with van der Waals surface area (Å²) in [5.74, 6) is 0.665. The van der Waals surface area contributed by atoms with E-state index in [9.17, 15) is 9.90 Å². The first-order valence-electron chi connectivity index (χ1n) is 14.1. The number of fused-ring (bicyclic) bond motifs is 1. The van der Waals surface area contributed by atoms with Gasteiger partial charge in [0.15, 0.2) is 0 Å². The molecule has 3 heterocycles. The maximum Gasteiger partial charge on any atom is 0.303 e. The highest BCUT2D eigenvalue weighted by Gasteiger charge is 2.25. The van der Waals surface area contributed by atoms with E-state index in [0.29, 0.717) is 30.6 Å². The SMILES string of the molecule is COc1ccc(C2CCOCC2)cc1C(CC(=O)O)Cc1cc(OCCc2ccc3c(n2)CCCC3)n(C)n1. The molecule has 0 saturated carbocycles. The lowest BCUT2D eigenvalue weighted by atomic mass is 9.85. The van der Waals surface area contributed by atoms with E-state index < -0.39 is 5.97 Å². The molecule has 2 aliphatic rings. The van der Waals surface area contributed by atoms with Crippen LogP contribution >= 0.6 is 0 Å². The zero-order valence-electron chi connectivity index (χ0n) is 23.0. The van der Waals surface area contributed by atoms with Gasteiger partial charge < -0.3 is 19.3 Å². The second kappa shape index (κ2) is 12.6. The van der Waals surface area contributed by atoms with Gasteiger partial charge in [-0.15, -0.1) is 0 Å². The van der Waals surface area contributed by atoms with Crippen molar-refractivity contribution in [3.63, 3.8) is 0 Å². The highest BCUT2D eigenvalue weighted by Crippen LogP contribution is 2.37. The van der Waals surface area contributed by atoms with Crippen molar-refractivity contribution in [1.82, 2.24) is 14.8 Å². The van der Waals surface area contributed by atoms with Crippen LogP contribution in [0.2, 0.25) is 0 Å². The molecule has 1 unspecified atom stereocenters. The Bertz CT molecular complexity index is 1280. The fraction of sp³-hybridized carbons (Fsp3) is 0.516. The lowest BCUT2D eigenvalue weighted by Crippen LogP contribution is -2.15. The second-order valence-corrected chi connectivity index (χ2v) is 10.7. The van der Waals surface area contributed by atoms with Crippen molar-refractivity contribution in [2.24, 2.45) is 7.05 Å². The van der Waals surface area contributed by atoms with E-state index in [2.05, 4.69) is 29.4 Å². The van der Waals surface area contributed by atoms with Crippen molar-refractivity contribution in [2.45, 2.75) is 69.6 Å². The molecule has 1 fully saturated rings. The van der Waals surface area contributed by atoms with Crippen LogP contribution in [0.15, 0.2) is 36.4 Å². The first kappa shape index (κ1) is 27.2. The van der Waals surface area contributed by atoms with Gasteiger partial charge in [0, 0.05) is 50.1 Å². The Morgan fingerprint density at radius 3 is 2.74 bits per heavy atom. The topological polar surface area (TPSA) is 95.7 Å². The average Bonchev–Trinajstić information content (AvgIpc) is 3.30. The van der Waals surface area contributed by atoms with Gasteiger partial charge in [0.1, 0.15) is 5.75 Å². The molecule has 1 saturated heterocycles. The number of rotatable bonds is 11. The minimum absolute atomic E-state index is 0.00957. The number of ether oxygens (including phenoxy) is 3. The van der Waals surface area contributed by atoms with Gasteiger partial charge >= 0.3 is 5.97 Å². The van der Waals surface area contributed by atoms with Crippen LogP contribution in [0.1, 0.15) is 77.7 Å². The molecule has 39 heavy (non-hydrogen) atoms. The summed E-state index contributed by atoms with van der Waals surface area (Å²) >= 11 is 0. The van der Waals surface area contributed by atoms with Crippen LogP contribution in [0.5, 0.6) is 11.6 Å². The van der Waals surface area contributed by atoms with Crippen LogP contribution in [0, 0.1) is 0 Å². The number of carbonyl (C=O) groups is 1. The Morgan fingerprint density at radius 2 is 1.95 bits per heavy atom. The monoisotopic (exact) mass is 533 g/mol. The van der Waals surface area contributed by atoms with Gasteiger partial charge in [-0.3, -0.25) is 9.78 Å². The van der Waals surface area contributed by atoms with Crippen molar-refractivity contribution in [3.8, 4) is 11.6 Å². The summed E-state index contributed by atoms with van der Waals surface area (Å²) in [6.45, 7) is 2.01. The molecule has 1 atom stereocenters. The Hall–Kier alpha value is -3.39. The molecule has 1 aliphatic carbocycles. The number of carboxylic acids is 1. The first-order valence-corrected chi connectivity index (χ1v) is 14.1. The maximum absolute atomic E-state index is 11.9. The first-order chi connectivity index (χ1) is 19.0. The van der Waals surface area contributed by atoms with E-state index in [1.165, 1.54) is 29.7 Å². The minimum Gasteiger partial charge on any atom is -0.496 e. The van der Waals surface area contributed by atoms with Gasteiger partial charge in [-0.2, -0.15) is 5.10 Å². The molecule has 1 N–H and O–H groups in total. The maximum atomic E-state index is 11.9. The zero-order valence-corrected chi connectivity index (χ0v) is 23.0. The number of benzene rings is 1. The number of aliphatic carboxylic acids is 1. The summed E-state index contributed by atoms with van der Waals surface area (Å²) in [5.41, 5.74) is 6.59. The van der Waals surface area contributed by atoms with E-state index in [1.54, 1.807) is 11.8 Å². The Balaban J connectivity index is 1.28. The van der Waals surface area contributed by atoms with Crippen molar-refractivity contribution < 1.29 is 24.1 Å². The van der Waals surface area contributed by atoms with Crippen molar-refractivity contribution in [2.75, 3.05) is 26.9 Å². The number of aromatic nitrogens is 3. The Morgan fingerprint density at radius 1 is 1.13 bits per heavy atom. The van der Waals surface area contributed by atoms with Crippen LogP contribution in [-0.2, 0) is 42.3 Å². The number of pyridine rings is 1. The molecular weight excluding hydrogens is 494 g/mol. The number of hydrogen-bond donors (Lipinski definition) is 1. The van der Waals surface area contributed by atoms with Gasteiger partial charge in [0.05, 0.1) is 25.8 Å². The van der Waals surface area contributed by atoms with Gasteiger partial charge in [-0.25, -0.2) is 4.68 Å². The molecule has 8 heteroatoms. The van der Waals surface area contributed by atoms with E-state index in [-0.39, 0.29) is 12.3 Å². The van der Waals surface area contributed by atoms with E-state index in [0.717, 1.165) is 62.3 Å². The van der Waals surface area contributed by atoms with Gasteiger partial charge in [0.25, 0.3) is 0 Å². The molecule has 5 rings (SSSR count). The second-order valence-electron chi connectivity index (χ2n) is 10.7. The predicted molar refractivity (Wildman–Crippen MR) is 148 cm³/mol. The molecule has 1 aromatic carbocycles. The van der Waals surface area contributed by atoms with Crippen LogP contribution in [-0.4, -0.2) is 52.8 Å². The molecular formula is C31H39N3O5. The minimum atomic E-state index is -0.844. The van der Waals surface area contributed by atoms with Gasteiger partial charge in [-0.05, 0) is 79.7 Å². The van der Waals surface area contributed by atoms with E-state index >= 15 is 0 Å². The Labute approximate surface area is 230 Å². The van der Waals surface area contributed by atoms with Gasteiger partial charge in [0.2, 0.25) is 5.88 Å². The molecule has 8 nitrogen and oxygen atoms in total. The number of nitrogens with zero attached hydrogens (tertiary/aromatic N) is 3. The molecule has 2 aromatic heterocycles.